The van der Waals surface area contributed by atoms with Gasteiger partial charge in [-0.2, -0.15) is 4.31 Å². The first kappa shape index (κ1) is 19.9. The van der Waals surface area contributed by atoms with Crippen molar-refractivity contribution >= 4 is 15.9 Å². The van der Waals surface area contributed by atoms with Crippen LogP contribution in [0.4, 0.5) is 0 Å². The molecule has 1 saturated heterocycles. The Labute approximate surface area is 169 Å². The van der Waals surface area contributed by atoms with Gasteiger partial charge in [0.2, 0.25) is 15.9 Å². The topological polar surface area (TPSA) is 57.7 Å². The Morgan fingerprint density at radius 2 is 1.64 bits per heavy atom. The fourth-order valence-electron chi connectivity index (χ4n) is 5.86. The minimum absolute atomic E-state index is 0.220. The lowest BCUT2D eigenvalue weighted by molar-refractivity contribution is -0.133. The van der Waals surface area contributed by atoms with Gasteiger partial charge in [0.05, 0.1) is 4.90 Å². The van der Waals surface area contributed by atoms with E-state index in [1.807, 2.05) is 37.8 Å². The zero-order valence-electron chi connectivity index (χ0n) is 17.3. The average molecular weight is 405 g/mol. The summed E-state index contributed by atoms with van der Waals surface area (Å²) in [7, 11) is -3.52. The Kier molecular flexibility index (Phi) is 5.29. The van der Waals surface area contributed by atoms with Crippen LogP contribution in [0, 0.1) is 38.5 Å². The number of hydrogen-bond acceptors (Lipinski definition) is 3. The molecule has 3 atom stereocenters. The van der Waals surface area contributed by atoms with Gasteiger partial charge in [0.25, 0.3) is 0 Å². The molecule has 2 aliphatic carbocycles. The molecule has 6 heteroatoms. The number of amides is 1. The molecule has 1 aromatic rings. The van der Waals surface area contributed by atoms with E-state index in [1.54, 1.807) is 4.31 Å². The molecule has 28 heavy (non-hydrogen) atoms. The van der Waals surface area contributed by atoms with Crippen LogP contribution in [0.2, 0.25) is 0 Å². The van der Waals surface area contributed by atoms with Gasteiger partial charge in [-0.15, -0.1) is 0 Å². The van der Waals surface area contributed by atoms with E-state index in [0.29, 0.717) is 43.4 Å². The van der Waals surface area contributed by atoms with E-state index in [0.717, 1.165) is 28.5 Å². The molecule has 3 aliphatic rings. The number of benzene rings is 1. The Bertz CT molecular complexity index is 849. The predicted molar refractivity (Wildman–Crippen MR) is 110 cm³/mol. The molecule has 2 bridgehead atoms. The van der Waals surface area contributed by atoms with Crippen LogP contribution < -0.4 is 0 Å². The normalized spacial score (nSPS) is 28.1. The fraction of sp³-hybridized carbons (Fsp3) is 0.682. The molecule has 1 heterocycles. The molecule has 0 unspecified atom stereocenters. The van der Waals surface area contributed by atoms with Crippen LogP contribution in [0.15, 0.2) is 17.0 Å². The summed E-state index contributed by atoms with van der Waals surface area (Å²) in [6.45, 7) is 7.49. The van der Waals surface area contributed by atoms with Gasteiger partial charge < -0.3 is 4.90 Å². The predicted octanol–water partition coefficient (Wildman–Crippen LogP) is 3.27. The van der Waals surface area contributed by atoms with E-state index in [1.165, 1.54) is 25.7 Å². The van der Waals surface area contributed by atoms with E-state index in [4.69, 9.17) is 0 Å². The van der Waals surface area contributed by atoms with Crippen LogP contribution in [-0.2, 0) is 14.8 Å². The van der Waals surface area contributed by atoms with Crippen molar-refractivity contribution in [3.05, 3.63) is 28.8 Å². The van der Waals surface area contributed by atoms with E-state index in [2.05, 4.69) is 0 Å². The summed E-state index contributed by atoms with van der Waals surface area (Å²) in [6, 6.07) is 3.85. The Morgan fingerprint density at radius 1 is 1.00 bits per heavy atom. The third-order valence-corrected chi connectivity index (χ3v) is 9.32. The molecule has 3 fully saturated rings. The molecule has 5 nitrogen and oxygen atoms in total. The highest BCUT2D eigenvalue weighted by Gasteiger charge is 2.41. The van der Waals surface area contributed by atoms with Gasteiger partial charge in [0.15, 0.2) is 0 Å². The number of nitrogens with zero attached hydrogens (tertiary/aromatic N) is 2. The minimum atomic E-state index is -3.52. The average Bonchev–Trinajstić information content (AvgIpc) is 3.23. The number of aryl methyl sites for hydroxylation is 3. The molecule has 2 saturated carbocycles. The quantitative estimate of drug-likeness (QED) is 0.774. The van der Waals surface area contributed by atoms with Crippen LogP contribution >= 0.6 is 0 Å². The number of carbonyl (C=O) groups is 1. The molecule has 0 aromatic heterocycles. The number of sulfonamides is 1. The molecule has 0 spiro atoms. The van der Waals surface area contributed by atoms with E-state index >= 15 is 0 Å². The van der Waals surface area contributed by atoms with Gasteiger partial charge >= 0.3 is 0 Å². The number of piperazine rings is 1. The molecule has 154 valence electrons. The van der Waals surface area contributed by atoms with Crippen LogP contribution in [0.1, 0.15) is 48.8 Å². The first-order valence-corrected chi connectivity index (χ1v) is 12.1. The minimum Gasteiger partial charge on any atom is -0.340 e. The van der Waals surface area contributed by atoms with Crippen molar-refractivity contribution in [3.8, 4) is 0 Å². The van der Waals surface area contributed by atoms with Crippen LogP contribution in [-0.4, -0.2) is 49.7 Å². The summed E-state index contributed by atoms with van der Waals surface area (Å²) in [5.74, 6) is 2.39. The highest BCUT2D eigenvalue weighted by Crippen LogP contribution is 2.49. The maximum Gasteiger partial charge on any atom is 0.243 e. The second-order valence-corrected chi connectivity index (χ2v) is 11.0. The Hall–Kier alpha value is -1.40. The van der Waals surface area contributed by atoms with Crippen molar-refractivity contribution in [2.24, 2.45) is 17.8 Å². The smallest absolute Gasteiger partial charge is 0.243 e. The first-order valence-electron chi connectivity index (χ1n) is 10.6. The van der Waals surface area contributed by atoms with Crippen molar-refractivity contribution in [1.82, 2.24) is 9.21 Å². The highest BCUT2D eigenvalue weighted by atomic mass is 32.2. The van der Waals surface area contributed by atoms with Crippen molar-refractivity contribution in [3.63, 3.8) is 0 Å². The zero-order valence-corrected chi connectivity index (χ0v) is 18.1. The Morgan fingerprint density at radius 3 is 2.18 bits per heavy atom. The molecule has 1 aliphatic heterocycles. The Balaban J connectivity index is 1.39. The number of carbonyl (C=O) groups excluding carboxylic acids is 1. The third-order valence-electron chi connectivity index (χ3n) is 7.12. The third kappa shape index (κ3) is 3.61. The number of rotatable bonds is 4. The van der Waals surface area contributed by atoms with Crippen molar-refractivity contribution in [2.45, 2.75) is 57.8 Å². The molecule has 1 amide bonds. The van der Waals surface area contributed by atoms with Gasteiger partial charge in [0, 0.05) is 32.6 Å². The van der Waals surface area contributed by atoms with Crippen LogP contribution in [0.5, 0.6) is 0 Å². The second-order valence-electron chi connectivity index (χ2n) is 9.15. The van der Waals surface area contributed by atoms with Gasteiger partial charge in [-0.3, -0.25) is 4.79 Å². The number of hydrogen-bond donors (Lipinski definition) is 0. The molecular weight excluding hydrogens is 372 g/mol. The maximum absolute atomic E-state index is 13.2. The summed E-state index contributed by atoms with van der Waals surface area (Å²) in [5, 5.41) is 0. The fourth-order valence-corrected chi connectivity index (χ4v) is 7.69. The van der Waals surface area contributed by atoms with Gasteiger partial charge in [-0.05, 0) is 68.9 Å². The lowest BCUT2D eigenvalue weighted by Crippen LogP contribution is -2.51. The van der Waals surface area contributed by atoms with Crippen LogP contribution in [0.3, 0.4) is 0 Å². The lowest BCUT2D eigenvalue weighted by atomic mass is 9.86. The van der Waals surface area contributed by atoms with Crippen molar-refractivity contribution in [2.75, 3.05) is 26.2 Å². The zero-order chi connectivity index (χ0) is 20.1. The number of fused-ring (bicyclic) bond motifs is 2. The highest BCUT2D eigenvalue weighted by molar-refractivity contribution is 7.89. The SMILES string of the molecule is Cc1cc(C)c(S(=O)(=O)N2CCN(C(=O)C[C@@H]3C[C@H]4CC[C@@H]3C4)CC2)c(C)c1. The summed E-state index contributed by atoms with van der Waals surface area (Å²) >= 11 is 0. The van der Waals surface area contributed by atoms with Crippen LogP contribution in [0.25, 0.3) is 0 Å². The summed E-state index contributed by atoms with van der Waals surface area (Å²) < 4.78 is 28.0. The molecular formula is C22H32N2O3S. The molecule has 1 aromatic carbocycles. The summed E-state index contributed by atoms with van der Waals surface area (Å²) in [4.78, 5) is 15.1. The van der Waals surface area contributed by atoms with Gasteiger partial charge in [-0.25, -0.2) is 8.42 Å². The largest absolute Gasteiger partial charge is 0.340 e. The second kappa shape index (κ2) is 7.45. The molecule has 4 rings (SSSR count). The van der Waals surface area contributed by atoms with Gasteiger partial charge in [-0.1, -0.05) is 24.1 Å². The molecule has 0 radical (unpaired) electrons. The summed E-state index contributed by atoms with van der Waals surface area (Å²) in [6.07, 6.45) is 5.84. The van der Waals surface area contributed by atoms with E-state index in [-0.39, 0.29) is 5.91 Å². The maximum atomic E-state index is 13.2. The van der Waals surface area contributed by atoms with E-state index in [9.17, 15) is 13.2 Å². The standard InChI is InChI=1S/C22H32N2O3S/c1-15-10-16(2)22(17(3)11-15)28(26,27)24-8-6-23(7-9-24)21(25)14-20-13-18-4-5-19(20)12-18/h10-11,18-20H,4-9,12-14H2,1-3H3/t18-,19+,20-/m0/s1. The van der Waals surface area contributed by atoms with Crippen molar-refractivity contribution < 1.29 is 13.2 Å². The van der Waals surface area contributed by atoms with Gasteiger partial charge in [0.1, 0.15) is 0 Å². The first-order chi connectivity index (χ1) is 13.3. The summed E-state index contributed by atoms with van der Waals surface area (Å²) in [5.41, 5.74) is 2.67. The van der Waals surface area contributed by atoms with E-state index < -0.39 is 10.0 Å². The van der Waals surface area contributed by atoms with Crippen molar-refractivity contribution in [1.29, 1.82) is 0 Å². The molecule has 0 N–H and O–H groups in total. The lowest BCUT2D eigenvalue weighted by Gasteiger charge is -2.35. The monoisotopic (exact) mass is 404 g/mol.